The second-order valence-corrected chi connectivity index (χ2v) is 8.27. The number of fused-ring (bicyclic) bond motifs is 1. The van der Waals surface area contributed by atoms with Gasteiger partial charge in [-0.1, -0.05) is 0 Å². The van der Waals surface area contributed by atoms with Crippen LogP contribution in [0.15, 0.2) is 47.4 Å². The molecule has 0 aliphatic carbocycles. The second-order valence-electron chi connectivity index (χ2n) is 6.22. The highest BCUT2D eigenvalue weighted by atomic mass is 32.2. The molecule has 0 fully saturated rings. The van der Waals surface area contributed by atoms with Gasteiger partial charge >= 0.3 is 0 Å². The maximum atomic E-state index is 13.0. The first kappa shape index (κ1) is 19.8. The Balaban J connectivity index is 1.68. The van der Waals surface area contributed by atoms with E-state index in [9.17, 15) is 22.4 Å². The van der Waals surface area contributed by atoms with Crippen LogP contribution < -0.4 is 15.4 Å². The fraction of sp³-hybridized carbons (Fsp3) is 0.222. The number of carbonyl (C=O) groups is 2. The summed E-state index contributed by atoms with van der Waals surface area (Å²) in [6, 6.07) is 9.02. The molecule has 10 heteroatoms. The standard InChI is InChI=1S/C18H18FN3O5S/c1-11-18(24)21-15-9-13(5-8-16(15)27-11)20-17(23)10-22(2)28(25,26)14-6-3-12(19)4-7-14/h3-9,11H,10H2,1-2H3,(H,20,23)(H,21,24)/t11-/m1/s1. The Morgan fingerprint density at radius 2 is 1.93 bits per heavy atom. The first-order valence-electron chi connectivity index (χ1n) is 8.30. The van der Waals surface area contributed by atoms with Gasteiger partial charge in [-0.05, 0) is 49.4 Å². The Labute approximate surface area is 161 Å². The molecule has 148 valence electrons. The number of nitrogens with zero attached hydrogens (tertiary/aromatic N) is 1. The molecule has 1 aliphatic heterocycles. The van der Waals surface area contributed by atoms with Crippen molar-refractivity contribution in [3.05, 3.63) is 48.3 Å². The highest BCUT2D eigenvalue weighted by Crippen LogP contribution is 2.32. The molecule has 0 saturated carbocycles. The molecule has 0 bridgehead atoms. The summed E-state index contributed by atoms with van der Waals surface area (Å²) in [5, 5.41) is 5.23. The lowest BCUT2D eigenvalue weighted by molar-refractivity contribution is -0.122. The maximum Gasteiger partial charge on any atom is 0.265 e. The number of likely N-dealkylation sites (N-methyl/N-ethyl adjacent to an activating group) is 1. The quantitative estimate of drug-likeness (QED) is 0.787. The van der Waals surface area contributed by atoms with Gasteiger partial charge in [0.2, 0.25) is 15.9 Å². The van der Waals surface area contributed by atoms with Gasteiger partial charge in [-0.25, -0.2) is 12.8 Å². The lowest BCUT2D eigenvalue weighted by Gasteiger charge is -2.24. The number of benzene rings is 2. The molecule has 0 spiro atoms. The van der Waals surface area contributed by atoms with Crippen LogP contribution in [0.4, 0.5) is 15.8 Å². The summed E-state index contributed by atoms with van der Waals surface area (Å²) in [7, 11) is -2.69. The maximum absolute atomic E-state index is 13.0. The lowest BCUT2D eigenvalue weighted by Crippen LogP contribution is -2.35. The minimum absolute atomic E-state index is 0.119. The van der Waals surface area contributed by atoms with Crippen LogP contribution in [-0.2, 0) is 19.6 Å². The van der Waals surface area contributed by atoms with E-state index in [-0.39, 0.29) is 10.8 Å². The molecule has 8 nitrogen and oxygen atoms in total. The predicted octanol–water partition coefficient (Wildman–Crippen LogP) is 1.80. The first-order valence-corrected chi connectivity index (χ1v) is 9.74. The number of nitrogens with one attached hydrogen (secondary N) is 2. The van der Waals surface area contributed by atoms with Crippen molar-refractivity contribution in [3.8, 4) is 5.75 Å². The van der Waals surface area contributed by atoms with Crippen LogP contribution in [0.25, 0.3) is 0 Å². The molecule has 1 atom stereocenters. The summed E-state index contributed by atoms with van der Waals surface area (Å²) in [5.74, 6) is -0.969. The van der Waals surface area contributed by atoms with E-state index in [0.29, 0.717) is 17.1 Å². The van der Waals surface area contributed by atoms with Crippen LogP contribution in [0.5, 0.6) is 5.75 Å². The van der Waals surface area contributed by atoms with Crippen molar-refractivity contribution < 1.29 is 27.1 Å². The summed E-state index contributed by atoms with van der Waals surface area (Å²) >= 11 is 0. The third-order valence-corrected chi connectivity index (χ3v) is 5.90. The molecule has 1 aliphatic rings. The van der Waals surface area contributed by atoms with Crippen molar-refractivity contribution >= 4 is 33.2 Å². The molecular formula is C18H18FN3O5S. The lowest BCUT2D eigenvalue weighted by atomic mass is 10.2. The number of sulfonamides is 1. The molecule has 3 rings (SSSR count). The van der Waals surface area contributed by atoms with Crippen molar-refractivity contribution in [2.45, 2.75) is 17.9 Å². The molecule has 0 radical (unpaired) electrons. The Morgan fingerprint density at radius 1 is 1.25 bits per heavy atom. The highest BCUT2D eigenvalue weighted by molar-refractivity contribution is 7.89. The van der Waals surface area contributed by atoms with Gasteiger partial charge in [-0.3, -0.25) is 9.59 Å². The summed E-state index contributed by atoms with van der Waals surface area (Å²) in [4.78, 5) is 23.8. The van der Waals surface area contributed by atoms with E-state index in [2.05, 4.69) is 10.6 Å². The SMILES string of the molecule is C[C@H]1Oc2ccc(NC(=O)CN(C)S(=O)(=O)c3ccc(F)cc3)cc2NC1=O. The number of halogens is 1. The summed E-state index contributed by atoms with van der Waals surface area (Å²) in [5.41, 5.74) is 0.781. The zero-order valence-corrected chi connectivity index (χ0v) is 15.9. The van der Waals surface area contributed by atoms with Crippen LogP contribution in [-0.4, -0.2) is 44.2 Å². The molecule has 0 unspecified atom stereocenters. The normalized spacial score (nSPS) is 16.1. The van der Waals surface area contributed by atoms with Gasteiger partial charge < -0.3 is 15.4 Å². The number of rotatable bonds is 5. The average molecular weight is 407 g/mol. The molecule has 2 aromatic carbocycles. The fourth-order valence-electron chi connectivity index (χ4n) is 2.56. The minimum atomic E-state index is -3.94. The van der Waals surface area contributed by atoms with Crippen molar-refractivity contribution in [1.29, 1.82) is 0 Å². The van der Waals surface area contributed by atoms with Gasteiger partial charge in [-0.2, -0.15) is 4.31 Å². The van der Waals surface area contributed by atoms with E-state index in [4.69, 9.17) is 4.74 Å². The van der Waals surface area contributed by atoms with Gasteiger partial charge in [0.1, 0.15) is 11.6 Å². The van der Waals surface area contributed by atoms with E-state index in [0.717, 1.165) is 28.6 Å². The Hall–Kier alpha value is -2.98. The minimum Gasteiger partial charge on any atom is -0.479 e. The Bertz CT molecular complexity index is 1020. The number of hydrogen-bond acceptors (Lipinski definition) is 5. The van der Waals surface area contributed by atoms with Crippen LogP contribution in [0.3, 0.4) is 0 Å². The molecule has 2 amide bonds. The number of anilines is 2. The van der Waals surface area contributed by atoms with Crippen LogP contribution in [0.1, 0.15) is 6.92 Å². The van der Waals surface area contributed by atoms with Gasteiger partial charge in [-0.15, -0.1) is 0 Å². The molecule has 2 aromatic rings. The monoisotopic (exact) mass is 407 g/mol. The predicted molar refractivity (Wildman–Crippen MR) is 100 cm³/mol. The van der Waals surface area contributed by atoms with E-state index in [1.54, 1.807) is 19.1 Å². The van der Waals surface area contributed by atoms with Gasteiger partial charge in [0, 0.05) is 12.7 Å². The summed E-state index contributed by atoms with van der Waals surface area (Å²) < 4.78 is 44.2. The van der Waals surface area contributed by atoms with Gasteiger partial charge in [0.05, 0.1) is 17.1 Å². The second kappa shape index (κ2) is 7.56. The van der Waals surface area contributed by atoms with Crippen molar-refractivity contribution in [2.24, 2.45) is 0 Å². The van der Waals surface area contributed by atoms with Crippen LogP contribution in [0.2, 0.25) is 0 Å². The van der Waals surface area contributed by atoms with E-state index in [1.807, 2.05) is 0 Å². The Morgan fingerprint density at radius 3 is 2.61 bits per heavy atom. The average Bonchev–Trinajstić information content (AvgIpc) is 2.63. The number of carbonyl (C=O) groups excluding carboxylic acids is 2. The van der Waals surface area contributed by atoms with Crippen molar-refractivity contribution in [3.63, 3.8) is 0 Å². The smallest absolute Gasteiger partial charge is 0.265 e. The zero-order valence-electron chi connectivity index (χ0n) is 15.1. The van der Waals surface area contributed by atoms with Gasteiger partial charge in [0.25, 0.3) is 5.91 Å². The van der Waals surface area contributed by atoms with Crippen molar-refractivity contribution in [2.75, 3.05) is 24.2 Å². The third kappa shape index (κ3) is 4.12. The van der Waals surface area contributed by atoms with E-state index >= 15 is 0 Å². The largest absolute Gasteiger partial charge is 0.479 e. The van der Waals surface area contributed by atoms with E-state index in [1.165, 1.54) is 13.1 Å². The molecular weight excluding hydrogens is 389 g/mol. The van der Waals surface area contributed by atoms with Crippen LogP contribution >= 0.6 is 0 Å². The number of hydrogen-bond donors (Lipinski definition) is 2. The summed E-state index contributed by atoms with van der Waals surface area (Å²) in [6.07, 6.45) is -0.613. The molecule has 1 heterocycles. The first-order chi connectivity index (χ1) is 13.2. The Kier molecular flexibility index (Phi) is 5.34. The molecule has 0 saturated heterocycles. The topological polar surface area (TPSA) is 105 Å². The third-order valence-electron chi connectivity index (χ3n) is 4.08. The highest BCUT2D eigenvalue weighted by Gasteiger charge is 2.25. The van der Waals surface area contributed by atoms with Crippen molar-refractivity contribution in [1.82, 2.24) is 4.31 Å². The van der Waals surface area contributed by atoms with E-state index < -0.39 is 34.4 Å². The summed E-state index contributed by atoms with van der Waals surface area (Å²) in [6.45, 7) is 1.17. The molecule has 28 heavy (non-hydrogen) atoms. The fourth-order valence-corrected chi connectivity index (χ4v) is 3.69. The zero-order chi connectivity index (χ0) is 20.5. The van der Waals surface area contributed by atoms with Crippen LogP contribution in [0, 0.1) is 5.82 Å². The number of ether oxygens (including phenoxy) is 1. The molecule has 2 N–H and O–H groups in total. The molecule has 0 aromatic heterocycles. The number of amides is 2. The van der Waals surface area contributed by atoms with Gasteiger partial charge in [0.15, 0.2) is 6.10 Å².